The monoisotopic (exact) mass is 315 g/mol. The smallest absolute Gasteiger partial charge is 0.237 e. The Hall–Kier alpha value is -1.72. The van der Waals surface area contributed by atoms with Crippen LogP contribution in [0.15, 0.2) is 36.9 Å². The molecule has 0 bridgehead atoms. The number of hydrogen-bond acceptors (Lipinski definition) is 4. The number of benzene rings is 1. The fraction of sp³-hybridized carbons (Fsp3) is 0.412. The number of carbonyl (C=O) groups is 1. The first-order valence-electron chi connectivity index (χ1n) is 7.70. The molecular weight excluding hydrogens is 294 g/mol. The van der Waals surface area contributed by atoms with E-state index in [0.717, 1.165) is 29.9 Å². The van der Waals surface area contributed by atoms with Gasteiger partial charge in [-0.15, -0.1) is 17.9 Å². The van der Waals surface area contributed by atoms with Crippen molar-refractivity contribution >= 4 is 27.5 Å². The molecule has 1 amide bonds. The summed E-state index contributed by atoms with van der Waals surface area (Å²) >= 11 is 1.74. The molecule has 1 aliphatic heterocycles. The van der Waals surface area contributed by atoms with Crippen molar-refractivity contribution in [2.75, 3.05) is 13.1 Å². The van der Waals surface area contributed by atoms with Gasteiger partial charge in [-0.05, 0) is 38.4 Å². The Morgan fingerprint density at radius 3 is 3.18 bits per heavy atom. The minimum atomic E-state index is -0.139. The molecule has 1 saturated heterocycles. The number of fused-ring (bicyclic) bond motifs is 1. The van der Waals surface area contributed by atoms with Gasteiger partial charge >= 0.3 is 0 Å². The fourth-order valence-corrected chi connectivity index (χ4v) is 4.14. The van der Waals surface area contributed by atoms with Gasteiger partial charge in [-0.3, -0.25) is 9.69 Å². The van der Waals surface area contributed by atoms with E-state index < -0.39 is 0 Å². The van der Waals surface area contributed by atoms with Gasteiger partial charge in [0.25, 0.3) is 0 Å². The first-order valence-corrected chi connectivity index (χ1v) is 8.52. The average molecular weight is 315 g/mol. The molecule has 2 aromatic rings. The van der Waals surface area contributed by atoms with Crippen molar-refractivity contribution in [3.8, 4) is 0 Å². The van der Waals surface area contributed by atoms with Crippen molar-refractivity contribution in [1.29, 1.82) is 0 Å². The second kappa shape index (κ2) is 6.58. The Morgan fingerprint density at radius 2 is 2.41 bits per heavy atom. The van der Waals surface area contributed by atoms with Gasteiger partial charge in [-0.1, -0.05) is 18.2 Å². The predicted molar refractivity (Wildman–Crippen MR) is 91.0 cm³/mol. The number of likely N-dealkylation sites (tertiary alicyclic amines) is 1. The average Bonchev–Trinajstić information content (AvgIpc) is 3.17. The Balaban J connectivity index is 1.80. The third-order valence-electron chi connectivity index (χ3n) is 4.19. The van der Waals surface area contributed by atoms with Crippen molar-refractivity contribution in [3.05, 3.63) is 41.9 Å². The van der Waals surface area contributed by atoms with Crippen LogP contribution in [0.3, 0.4) is 0 Å². The van der Waals surface area contributed by atoms with Crippen LogP contribution in [0.2, 0.25) is 0 Å². The van der Waals surface area contributed by atoms with Gasteiger partial charge in [0.05, 0.1) is 22.3 Å². The molecule has 5 heteroatoms. The highest BCUT2D eigenvalue weighted by atomic mass is 32.1. The van der Waals surface area contributed by atoms with Crippen LogP contribution in [0, 0.1) is 0 Å². The zero-order valence-corrected chi connectivity index (χ0v) is 13.6. The largest absolute Gasteiger partial charge is 0.351 e. The molecule has 1 aromatic carbocycles. The van der Waals surface area contributed by atoms with E-state index in [-0.39, 0.29) is 18.0 Å². The van der Waals surface area contributed by atoms with Gasteiger partial charge < -0.3 is 5.32 Å². The number of nitrogens with one attached hydrogen (secondary N) is 1. The van der Waals surface area contributed by atoms with Crippen LogP contribution >= 0.6 is 11.3 Å². The molecule has 2 heterocycles. The van der Waals surface area contributed by atoms with E-state index in [1.54, 1.807) is 17.4 Å². The minimum Gasteiger partial charge on any atom is -0.351 e. The van der Waals surface area contributed by atoms with Gasteiger partial charge in [0, 0.05) is 6.54 Å². The summed E-state index contributed by atoms with van der Waals surface area (Å²) in [5, 5.41) is 4.02. The molecular formula is C17H21N3OS. The molecule has 0 saturated carbocycles. The summed E-state index contributed by atoms with van der Waals surface area (Å²) in [5.74, 6) is 0.0629. The number of amides is 1. The second-order valence-electron chi connectivity index (χ2n) is 5.63. The molecule has 116 valence electrons. The maximum Gasteiger partial charge on any atom is 0.237 e. The molecule has 1 aromatic heterocycles. The van der Waals surface area contributed by atoms with E-state index in [4.69, 9.17) is 4.98 Å². The normalized spacial score (nSPS) is 20.1. The van der Waals surface area contributed by atoms with E-state index in [1.165, 1.54) is 4.70 Å². The van der Waals surface area contributed by atoms with Crippen LogP contribution in [0.1, 0.15) is 30.8 Å². The van der Waals surface area contributed by atoms with Crippen molar-refractivity contribution in [2.24, 2.45) is 0 Å². The second-order valence-corrected chi connectivity index (χ2v) is 6.69. The molecule has 0 aliphatic carbocycles. The van der Waals surface area contributed by atoms with Gasteiger partial charge in [0.15, 0.2) is 0 Å². The van der Waals surface area contributed by atoms with Gasteiger partial charge in [-0.25, -0.2) is 4.98 Å². The van der Waals surface area contributed by atoms with E-state index in [0.29, 0.717) is 6.54 Å². The van der Waals surface area contributed by atoms with Crippen LogP contribution < -0.4 is 5.32 Å². The summed E-state index contributed by atoms with van der Waals surface area (Å²) in [6.07, 6.45) is 3.89. The number of para-hydroxylation sites is 1. The minimum absolute atomic E-state index is 0.0629. The first kappa shape index (κ1) is 15.2. The number of aromatic nitrogens is 1. The van der Waals surface area contributed by atoms with Crippen molar-refractivity contribution in [2.45, 2.75) is 31.8 Å². The number of carbonyl (C=O) groups excluding carboxylic acids is 1. The van der Waals surface area contributed by atoms with Crippen molar-refractivity contribution in [1.82, 2.24) is 15.2 Å². The number of hydrogen-bond donors (Lipinski definition) is 1. The first-order chi connectivity index (χ1) is 10.7. The number of nitrogens with zero attached hydrogens (tertiary/aromatic N) is 2. The molecule has 4 nitrogen and oxygen atoms in total. The van der Waals surface area contributed by atoms with Crippen molar-refractivity contribution in [3.63, 3.8) is 0 Å². The Morgan fingerprint density at radius 1 is 1.59 bits per heavy atom. The van der Waals surface area contributed by atoms with E-state index >= 15 is 0 Å². The van der Waals surface area contributed by atoms with Crippen LogP contribution in [-0.2, 0) is 4.79 Å². The lowest BCUT2D eigenvalue weighted by Gasteiger charge is -2.28. The summed E-state index contributed by atoms with van der Waals surface area (Å²) in [7, 11) is 0. The Kier molecular flexibility index (Phi) is 4.55. The maximum atomic E-state index is 12.2. The van der Waals surface area contributed by atoms with Crippen LogP contribution in [0.5, 0.6) is 0 Å². The lowest BCUT2D eigenvalue weighted by Crippen LogP contribution is -2.44. The summed E-state index contributed by atoms with van der Waals surface area (Å²) in [6, 6.07) is 8.33. The van der Waals surface area contributed by atoms with Gasteiger partial charge in [0.2, 0.25) is 5.91 Å². The molecule has 3 rings (SSSR count). The molecule has 0 spiro atoms. The van der Waals surface area contributed by atoms with Crippen LogP contribution in [0.4, 0.5) is 0 Å². The Labute approximate surface area is 134 Å². The lowest BCUT2D eigenvalue weighted by atomic mass is 10.2. The molecule has 2 atom stereocenters. The van der Waals surface area contributed by atoms with Crippen LogP contribution in [-0.4, -0.2) is 34.9 Å². The fourth-order valence-electron chi connectivity index (χ4n) is 3.02. The predicted octanol–water partition coefficient (Wildman–Crippen LogP) is 3.12. The highest BCUT2D eigenvalue weighted by Gasteiger charge is 2.34. The van der Waals surface area contributed by atoms with Crippen LogP contribution in [0.25, 0.3) is 10.2 Å². The molecule has 22 heavy (non-hydrogen) atoms. The summed E-state index contributed by atoms with van der Waals surface area (Å²) in [5.41, 5.74) is 1.05. The summed E-state index contributed by atoms with van der Waals surface area (Å²) in [6.45, 7) is 7.08. The maximum absolute atomic E-state index is 12.2. The highest BCUT2D eigenvalue weighted by molar-refractivity contribution is 7.18. The third-order valence-corrected chi connectivity index (χ3v) is 5.32. The molecule has 0 radical (unpaired) electrons. The van der Waals surface area contributed by atoms with E-state index in [9.17, 15) is 4.79 Å². The number of rotatable bonds is 5. The molecule has 2 unspecified atom stereocenters. The number of thiazole rings is 1. The highest BCUT2D eigenvalue weighted by Crippen LogP contribution is 2.37. The van der Waals surface area contributed by atoms with E-state index in [1.807, 2.05) is 19.1 Å². The standard InChI is InChI=1S/C17H21N3OS/c1-3-10-18-16(21)12(2)20-11-6-8-14(20)17-19-13-7-4-5-9-15(13)22-17/h3-5,7,9,12,14H,1,6,8,10-11H2,2H3,(H,18,21). The van der Waals surface area contributed by atoms with Gasteiger partial charge in [0.1, 0.15) is 5.01 Å². The lowest BCUT2D eigenvalue weighted by molar-refractivity contribution is -0.126. The van der Waals surface area contributed by atoms with E-state index in [2.05, 4.69) is 28.9 Å². The molecule has 1 aliphatic rings. The topological polar surface area (TPSA) is 45.2 Å². The molecule has 1 fully saturated rings. The molecule has 1 N–H and O–H groups in total. The quantitative estimate of drug-likeness (QED) is 0.862. The Bertz CT molecular complexity index is 648. The zero-order valence-electron chi connectivity index (χ0n) is 12.8. The SMILES string of the molecule is C=CCNC(=O)C(C)N1CCCC1c1nc2ccccc2s1. The summed E-state index contributed by atoms with van der Waals surface area (Å²) in [4.78, 5) is 19.3. The summed E-state index contributed by atoms with van der Waals surface area (Å²) < 4.78 is 1.22. The third kappa shape index (κ3) is 2.91. The van der Waals surface area contributed by atoms with Gasteiger partial charge in [-0.2, -0.15) is 0 Å². The van der Waals surface area contributed by atoms with Crippen molar-refractivity contribution < 1.29 is 4.79 Å². The zero-order chi connectivity index (χ0) is 15.5.